The minimum Gasteiger partial charge on any atom is -0.344 e. The van der Waals surface area contributed by atoms with E-state index in [0.717, 1.165) is 11.6 Å². The molecule has 0 aromatic rings. The SMILES string of the molecule is ClC1=CC2=CC=CCN2C=C1. The molecule has 0 aromatic heterocycles. The van der Waals surface area contributed by atoms with Crippen LogP contribution in [0.3, 0.4) is 0 Å². The highest BCUT2D eigenvalue weighted by atomic mass is 35.5. The van der Waals surface area contributed by atoms with E-state index in [-0.39, 0.29) is 0 Å². The van der Waals surface area contributed by atoms with Crippen LogP contribution in [0.1, 0.15) is 0 Å². The Morgan fingerprint density at radius 3 is 3.27 bits per heavy atom. The Kier molecular flexibility index (Phi) is 1.59. The van der Waals surface area contributed by atoms with Crippen LogP contribution in [0.5, 0.6) is 0 Å². The van der Waals surface area contributed by atoms with Crippen LogP contribution < -0.4 is 0 Å². The summed E-state index contributed by atoms with van der Waals surface area (Å²) in [4.78, 5) is 2.14. The number of nitrogens with zero attached hydrogens (tertiary/aromatic N) is 1. The fourth-order valence-corrected chi connectivity index (χ4v) is 1.34. The molecule has 0 saturated heterocycles. The standard InChI is InChI=1S/C9H8ClN/c10-8-4-6-11-5-2-1-3-9(11)7-8/h1-4,6-7H,5H2. The van der Waals surface area contributed by atoms with Crippen LogP contribution in [0.2, 0.25) is 0 Å². The van der Waals surface area contributed by atoms with Crippen molar-refractivity contribution in [2.45, 2.75) is 0 Å². The zero-order valence-corrected chi connectivity index (χ0v) is 6.75. The van der Waals surface area contributed by atoms with E-state index in [9.17, 15) is 0 Å². The monoisotopic (exact) mass is 165 g/mol. The van der Waals surface area contributed by atoms with Gasteiger partial charge < -0.3 is 4.90 Å². The van der Waals surface area contributed by atoms with E-state index in [4.69, 9.17) is 11.6 Å². The van der Waals surface area contributed by atoms with Gasteiger partial charge in [-0.25, -0.2) is 0 Å². The van der Waals surface area contributed by atoms with E-state index in [0.29, 0.717) is 0 Å². The summed E-state index contributed by atoms with van der Waals surface area (Å²) in [5.74, 6) is 0. The van der Waals surface area contributed by atoms with Gasteiger partial charge in [-0.15, -0.1) is 0 Å². The molecule has 1 nitrogen and oxygen atoms in total. The van der Waals surface area contributed by atoms with Gasteiger partial charge in [-0.1, -0.05) is 23.8 Å². The zero-order chi connectivity index (χ0) is 7.68. The van der Waals surface area contributed by atoms with Crippen molar-refractivity contribution in [3.05, 3.63) is 47.3 Å². The van der Waals surface area contributed by atoms with Crippen molar-refractivity contribution in [2.24, 2.45) is 0 Å². The van der Waals surface area contributed by atoms with Gasteiger partial charge in [0.1, 0.15) is 0 Å². The van der Waals surface area contributed by atoms with E-state index < -0.39 is 0 Å². The molecule has 56 valence electrons. The van der Waals surface area contributed by atoms with Gasteiger partial charge in [0.2, 0.25) is 0 Å². The van der Waals surface area contributed by atoms with E-state index in [1.54, 1.807) is 0 Å². The van der Waals surface area contributed by atoms with Crippen LogP contribution in [0.15, 0.2) is 47.3 Å². The largest absolute Gasteiger partial charge is 0.344 e. The first-order chi connectivity index (χ1) is 5.36. The summed E-state index contributed by atoms with van der Waals surface area (Å²) in [6.45, 7) is 0.947. The summed E-state index contributed by atoms with van der Waals surface area (Å²) in [6, 6.07) is 0. The van der Waals surface area contributed by atoms with Crippen molar-refractivity contribution >= 4 is 11.6 Å². The summed E-state index contributed by atoms with van der Waals surface area (Å²) in [6.07, 6.45) is 12.1. The highest BCUT2D eigenvalue weighted by Gasteiger charge is 2.08. The van der Waals surface area contributed by atoms with Gasteiger partial charge >= 0.3 is 0 Å². The summed E-state index contributed by atoms with van der Waals surface area (Å²) in [5.41, 5.74) is 1.17. The topological polar surface area (TPSA) is 3.24 Å². The maximum absolute atomic E-state index is 5.82. The second-order valence-electron chi connectivity index (χ2n) is 2.52. The second-order valence-corrected chi connectivity index (χ2v) is 2.95. The molecule has 2 heterocycles. The van der Waals surface area contributed by atoms with E-state index in [1.807, 2.05) is 24.4 Å². The molecule has 0 unspecified atom stereocenters. The Labute approximate surface area is 71.0 Å². The normalized spacial score (nSPS) is 21.0. The maximum atomic E-state index is 5.82. The molecule has 0 bridgehead atoms. The van der Waals surface area contributed by atoms with E-state index >= 15 is 0 Å². The Bertz CT molecular complexity index is 284. The Hall–Kier alpha value is -0.950. The molecule has 0 spiro atoms. The molecule has 2 heteroatoms. The molecular formula is C9H8ClN. The highest BCUT2D eigenvalue weighted by molar-refractivity contribution is 6.31. The van der Waals surface area contributed by atoms with Gasteiger partial charge in [-0.2, -0.15) is 0 Å². The third kappa shape index (κ3) is 1.24. The minimum absolute atomic E-state index is 0.794. The number of halogens is 1. The van der Waals surface area contributed by atoms with Crippen LogP contribution in [0.4, 0.5) is 0 Å². The van der Waals surface area contributed by atoms with Crippen molar-refractivity contribution in [1.82, 2.24) is 4.90 Å². The summed E-state index contributed by atoms with van der Waals surface area (Å²) < 4.78 is 0. The van der Waals surface area contributed by atoms with Crippen molar-refractivity contribution in [3.8, 4) is 0 Å². The van der Waals surface area contributed by atoms with Crippen molar-refractivity contribution in [1.29, 1.82) is 0 Å². The smallest absolute Gasteiger partial charge is 0.0441 e. The Balaban J connectivity index is 2.35. The van der Waals surface area contributed by atoms with Crippen molar-refractivity contribution < 1.29 is 0 Å². The lowest BCUT2D eigenvalue weighted by Crippen LogP contribution is -2.19. The Morgan fingerprint density at radius 1 is 1.45 bits per heavy atom. The lowest BCUT2D eigenvalue weighted by atomic mass is 10.2. The number of allylic oxidation sites excluding steroid dienone is 5. The van der Waals surface area contributed by atoms with Gasteiger partial charge in [0, 0.05) is 23.5 Å². The van der Waals surface area contributed by atoms with Gasteiger partial charge in [0.25, 0.3) is 0 Å². The summed E-state index contributed by atoms with van der Waals surface area (Å²) >= 11 is 5.82. The number of hydrogen-bond acceptors (Lipinski definition) is 1. The van der Waals surface area contributed by atoms with Crippen LogP contribution in [0, 0.1) is 0 Å². The number of fused-ring (bicyclic) bond motifs is 1. The molecule has 11 heavy (non-hydrogen) atoms. The fraction of sp³-hybridized carbons (Fsp3) is 0.111. The van der Waals surface area contributed by atoms with E-state index in [2.05, 4.69) is 17.1 Å². The summed E-state index contributed by atoms with van der Waals surface area (Å²) in [5, 5.41) is 0.794. The minimum atomic E-state index is 0.794. The molecular weight excluding hydrogens is 158 g/mol. The third-order valence-corrected chi connectivity index (χ3v) is 1.97. The van der Waals surface area contributed by atoms with Crippen molar-refractivity contribution in [2.75, 3.05) is 6.54 Å². The lowest BCUT2D eigenvalue weighted by molar-refractivity contribution is 0.523. The molecule has 0 saturated carbocycles. The molecule has 0 atom stereocenters. The molecule has 2 rings (SSSR count). The van der Waals surface area contributed by atoms with Gasteiger partial charge in [-0.05, 0) is 18.2 Å². The van der Waals surface area contributed by atoms with Gasteiger partial charge in [-0.3, -0.25) is 0 Å². The second kappa shape index (κ2) is 2.59. The predicted octanol–water partition coefficient (Wildman–Crippen LogP) is 2.39. The fourth-order valence-electron chi connectivity index (χ4n) is 1.17. The third-order valence-electron chi connectivity index (χ3n) is 1.74. The molecule has 0 aromatic carbocycles. The van der Waals surface area contributed by atoms with Crippen LogP contribution >= 0.6 is 11.6 Å². The lowest BCUT2D eigenvalue weighted by Gasteiger charge is -2.24. The van der Waals surface area contributed by atoms with Crippen LogP contribution in [-0.2, 0) is 0 Å². The van der Waals surface area contributed by atoms with Crippen LogP contribution in [-0.4, -0.2) is 11.4 Å². The van der Waals surface area contributed by atoms with Crippen LogP contribution in [0.25, 0.3) is 0 Å². The maximum Gasteiger partial charge on any atom is 0.0441 e. The molecule has 0 amide bonds. The Morgan fingerprint density at radius 2 is 2.36 bits per heavy atom. The number of rotatable bonds is 0. The molecule has 0 aliphatic carbocycles. The van der Waals surface area contributed by atoms with E-state index in [1.165, 1.54) is 5.70 Å². The molecule has 2 aliphatic rings. The summed E-state index contributed by atoms with van der Waals surface area (Å²) in [7, 11) is 0. The molecule has 0 radical (unpaired) electrons. The van der Waals surface area contributed by atoms with Crippen molar-refractivity contribution in [3.63, 3.8) is 0 Å². The molecule has 0 fully saturated rings. The first-order valence-electron chi connectivity index (χ1n) is 3.55. The molecule has 0 N–H and O–H groups in total. The average molecular weight is 166 g/mol. The van der Waals surface area contributed by atoms with Gasteiger partial charge in [0.15, 0.2) is 0 Å². The number of hydrogen-bond donors (Lipinski definition) is 0. The first kappa shape index (κ1) is 6.74. The first-order valence-corrected chi connectivity index (χ1v) is 3.93. The predicted molar refractivity (Wildman–Crippen MR) is 47.0 cm³/mol. The zero-order valence-electron chi connectivity index (χ0n) is 6.00. The van der Waals surface area contributed by atoms with Gasteiger partial charge in [0.05, 0.1) is 0 Å². The highest BCUT2D eigenvalue weighted by Crippen LogP contribution is 2.21. The molecule has 2 aliphatic heterocycles. The quantitative estimate of drug-likeness (QED) is 0.533. The average Bonchev–Trinajstić information content (AvgIpc) is 2.04.